The van der Waals surface area contributed by atoms with Crippen molar-refractivity contribution in [1.82, 2.24) is 0 Å². The maximum absolute atomic E-state index is 13.5. The first kappa shape index (κ1) is 17.6. The first-order valence-corrected chi connectivity index (χ1v) is 8.80. The van der Waals surface area contributed by atoms with Gasteiger partial charge in [0.05, 0.1) is 6.61 Å². The molecule has 1 aliphatic heterocycles. The summed E-state index contributed by atoms with van der Waals surface area (Å²) in [5.41, 5.74) is 0.693. The average Bonchev–Trinajstić information content (AvgIpc) is 3.18. The number of carbonyl (C=O) groups is 1. The quantitative estimate of drug-likeness (QED) is 0.638. The van der Waals surface area contributed by atoms with E-state index >= 15 is 0 Å². The molecule has 3 aromatic carbocycles. The van der Waals surface area contributed by atoms with Crippen LogP contribution in [0.1, 0.15) is 21.5 Å². The van der Waals surface area contributed by atoms with Gasteiger partial charge in [-0.2, -0.15) is 0 Å². The molecule has 0 spiro atoms. The Hall–Kier alpha value is -2.79. The van der Waals surface area contributed by atoms with Gasteiger partial charge >= 0.3 is 5.97 Å². The monoisotopic (exact) mass is 360 g/mol. The van der Waals surface area contributed by atoms with Crippen molar-refractivity contribution in [3.8, 4) is 0 Å². The van der Waals surface area contributed by atoms with Crippen LogP contribution in [0.25, 0.3) is 0 Å². The summed E-state index contributed by atoms with van der Waals surface area (Å²) in [6.07, 6.45) is 0. The van der Waals surface area contributed by atoms with Gasteiger partial charge < -0.3 is 14.2 Å². The second-order valence-corrected chi connectivity index (χ2v) is 6.41. The minimum Gasteiger partial charge on any atom is -0.327 e. The average molecular weight is 360 g/mol. The molecule has 0 N–H and O–H groups in total. The Balaban J connectivity index is 1.83. The fraction of sp³-hybridized carbons (Fsp3) is 0.174. The highest BCUT2D eigenvalue weighted by Crippen LogP contribution is 2.46. The van der Waals surface area contributed by atoms with Crippen LogP contribution < -0.4 is 0 Å². The topological polar surface area (TPSA) is 44.8 Å². The smallest absolute Gasteiger partial charge is 0.313 e. The van der Waals surface area contributed by atoms with Crippen molar-refractivity contribution in [3.05, 3.63) is 108 Å². The number of ketones is 1. The molecule has 0 bridgehead atoms. The summed E-state index contributed by atoms with van der Waals surface area (Å²) < 4.78 is 18.1. The Bertz CT molecular complexity index is 911. The fourth-order valence-corrected chi connectivity index (χ4v) is 3.40. The van der Waals surface area contributed by atoms with Crippen LogP contribution in [0.4, 0.5) is 0 Å². The van der Waals surface area contributed by atoms with E-state index in [0.717, 1.165) is 5.56 Å². The van der Waals surface area contributed by atoms with E-state index in [9.17, 15) is 4.79 Å². The van der Waals surface area contributed by atoms with E-state index < -0.39 is 11.6 Å². The van der Waals surface area contributed by atoms with Gasteiger partial charge in [-0.05, 0) is 5.56 Å². The van der Waals surface area contributed by atoms with E-state index in [2.05, 4.69) is 0 Å². The van der Waals surface area contributed by atoms with E-state index in [-0.39, 0.29) is 12.4 Å². The second kappa shape index (κ2) is 7.08. The van der Waals surface area contributed by atoms with Crippen LogP contribution in [0.3, 0.4) is 0 Å². The number of hydrogen-bond acceptors (Lipinski definition) is 4. The molecule has 0 aromatic heterocycles. The molecule has 1 heterocycles. The Morgan fingerprint density at radius 2 is 1.33 bits per heavy atom. The van der Waals surface area contributed by atoms with Crippen LogP contribution in [0.2, 0.25) is 0 Å². The number of carbonyl (C=O) groups excluding carboxylic acids is 1. The van der Waals surface area contributed by atoms with E-state index in [1.807, 2.05) is 78.9 Å². The summed E-state index contributed by atoms with van der Waals surface area (Å²) in [6, 6.07) is 27.9. The molecule has 0 amide bonds. The van der Waals surface area contributed by atoms with Crippen molar-refractivity contribution in [1.29, 1.82) is 0 Å². The second-order valence-electron chi connectivity index (χ2n) is 6.41. The zero-order valence-electron chi connectivity index (χ0n) is 15.0. The van der Waals surface area contributed by atoms with Gasteiger partial charge in [-0.15, -0.1) is 0 Å². The van der Waals surface area contributed by atoms with Gasteiger partial charge in [-0.3, -0.25) is 4.79 Å². The van der Waals surface area contributed by atoms with Crippen LogP contribution in [0.5, 0.6) is 0 Å². The van der Waals surface area contributed by atoms with Crippen LogP contribution >= 0.6 is 0 Å². The number of rotatable bonds is 5. The Morgan fingerprint density at radius 3 is 1.89 bits per heavy atom. The first-order valence-electron chi connectivity index (χ1n) is 8.80. The highest BCUT2D eigenvalue weighted by molar-refractivity contribution is 6.03. The van der Waals surface area contributed by atoms with E-state index in [4.69, 9.17) is 14.2 Å². The highest BCUT2D eigenvalue weighted by atomic mass is 16.9. The lowest BCUT2D eigenvalue weighted by molar-refractivity contribution is -0.344. The fourth-order valence-electron chi connectivity index (χ4n) is 3.40. The van der Waals surface area contributed by atoms with Crippen LogP contribution in [-0.4, -0.2) is 19.5 Å². The largest absolute Gasteiger partial charge is 0.327 e. The molecule has 0 aliphatic carbocycles. The number of Topliss-reactive ketones (excluding diaryl/α,β-unsaturated/α-hetero) is 1. The molecule has 4 heteroatoms. The molecule has 2 unspecified atom stereocenters. The standard InChI is InChI=1S/C23H20O4/c1-25-23(20-15-9-4-10-16-20)26-17-22(27-23,19-13-7-3-8-14-19)21(24)18-11-5-2-6-12-18/h2-16H,17H2,1H3. The molecular weight excluding hydrogens is 340 g/mol. The van der Waals surface area contributed by atoms with Crippen LogP contribution in [0.15, 0.2) is 91.0 Å². The molecule has 27 heavy (non-hydrogen) atoms. The summed E-state index contributed by atoms with van der Waals surface area (Å²) in [7, 11) is 1.51. The third-order valence-electron chi connectivity index (χ3n) is 4.81. The highest BCUT2D eigenvalue weighted by Gasteiger charge is 2.57. The predicted molar refractivity (Wildman–Crippen MR) is 101 cm³/mol. The van der Waals surface area contributed by atoms with E-state index in [1.54, 1.807) is 12.1 Å². The number of hydrogen-bond donors (Lipinski definition) is 0. The van der Waals surface area contributed by atoms with E-state index in [1.165, 1.54) is 7.11 Å². The zero-order valence-corrected chi connectivity index (χ0v) is 15.0. The molecule has 4 rings (SSSR count). The van der Waals surface area contributed by atoms with Crippen molar-refractivity contribution >= 4 is 5.78 Å². The lowest BCUT2D eigenvalue weighted by Gasteiger charge is -2.31. The summed E-state index contributed by atoms with van der Waals surface area (Å²) in [5.74, 6) is -1.61. The molecule has 1 aliphatic rings. The molecule has 3 aromatic rings. The molecule has 136 valence electrons. The number of methoxy groups -OCH3 is 1. The first-order chi connectivity index (χ1) is 13.2. The molecule has 4 nitrogen and oxygen atoms in total. The van der Waals surface area contributed by atoms with Crippen LogP contribution in [-0.2, 0) is 25.8 Å². The Morgan fingerprint density at radius 1 is 0.815 bits per heavy atom. The van der Waals surface area contributed by atoms with Crippen molar-refractivity contribution in [2.75, 3.05) is 13.7 Å². The van der Waals surface area contributed by atoms with Crippen molar-refractivity contribution < 1.29 is 19.0 Å². The maximum Gasteiger partial charge on any atom is 0.313 e. The van der Waals surface area contributed by atoms with Gasteiger partial charge in [0.1, 0.15) is 0 Å². The summed E-state index contributed by atoms with van der Waals surface area (Å²) in [5, 5.41) is 0. The third kappa shape index (κ3) is 2.98. The SMILES string of the molecule is COC1(c2ccccc2)OCC(C(=O)c2ccccc2)(c2ccccc2)O1. The van der Waals surface area contributed by atoms with Crippen molar-refractivity contribution in [3.63, 3.8) is 0 Å². The minimum absolute atomic E-state index is 0.0491. The molecule has 1 fully saturated rings. The van der Waals surface area contributed by atoms with Gasteiger partial charge in [0.15, 0.2) is 5.60 Å². The van der Waals surface area contributed by atoms with Gasteiger partial charge in [0.25, 0.3) is 0 Å². The molecule has 0 saturated carbocycles. The van der Waals surface area contributed by atoms with Gasteiger partial charge in [-0.1, -0.05) is 91.0 Å². The molecule has 2 atom stereocenters. The summed E-state index contributed by atoms with van der Waals surface area (Å²) in [6.45, 7) is 0.0491. The third-order valence-corrected chi connectivity index (χ3v) is 4.81. The summed E-state index contributed by atoms with van der Waals surface area (Å²) >= 11 is 0. The number of ether oxygens (including phenoxy) is 3. The molecular formula is C23H20O4. The lowest BCUT2D eigenvalue weighted by atomic mass is 9.86. The lowest BCUT2D eigenvalue weighted by Crippen LogP contribution is -2.41. The predicted octanol–water partition coefficient (Wildman–Crippen LogP) is 4.27. The van der Waals surface area contributed by atoms with E-state index in [0.29, 0.717) is 11.1 Å². The molecule has 1 saturated heterocycles. The number of benzene rings is 3. The normalized spacial score (nSPS) is 24.6. The van der Waals surface area contributed by atoms with Crippen molar-refractivity contribution in [2.24, 2.45) is 0 Å². The van der Waals surface area contributed by atoms with Gasteiger partial charge in [0, 0.05) is 18.2 Å². The Kier molecular flexibility index (Phi) is 4.62. The maximum atomic E-state index is 13.5. The molecule has 0 radical (unpaired) electrons. The Labute approximate surface area is 158 Å². The van der Waals surface area contributed by atoms with Gasteiger partial charge in [0.2, 0.25) is 5.78 Å². The van der Waals surface area contributed by atoms with Crippen molar-refractivity contribution in [2.45, 2.75) is 11.6 Å². The van der Waals surface area contributed by atoms with Gasteiger partial charge in [-0.25, -0.2) is 0 Å². The van der Waals surface area contributed by atoms with Crippen LogP contribution in [0, 0.1) is 0 Å². The summed E-state index contributed by atoms with van der Waals surface area (Å²) in [4.78, 5) is 13.5. The zero-order chi connectivity index (χ0) is 18.7. The minimum atomic E-state index is -1.44.